The number of pyridine rings is 2. The Kier molecular flexibility index (Phi) is 5.64. The van der Waals surface area contributed by atoms with Crippen LogP contribution in [0.3, 0.4) is 0 Å². The number of benzene rings is 2. The fourth-order valence-electron chi connectivity index (χ4n) is 5.35. The fraction of sp³-hybridized carbons (Fsp3) is 0.179. The Morgan fingerprint density at radius 3 is 2.56 bits per heavy atom. The van der Waals surface area contributed by atoms with Crippen molar-refractivity contribution in [1.29, 1.82) is 0 Å². The Labute approximate surface area is 228 Å². The van der Waals surface area contributed by atoms with Gasteiger partial charge in [-0.15, -0.1) is 0 Å². The normalized spacial score (nSPS) is 14.4. The molecule has 1 aliphatic rings. The lowest BCUT2D eigenvalue weighted by Crippen LogP contribution is -2.44. The van der Waals surface area contributed by atoms with Gasteiger partial charge >= 0.3 is 11.9 Å². The van der Waals surface area contributed by atoms with Gasteiger partial charge in [0.2, 0.25) is 0 Å². The van der Waals surface area contributed by atoms with E-state index in [2.05, 4.69) is 25.5 Å². The van der Waals surface area contributed by atoms with Gasteiger partial charge in [0.15, 0.2) is 0 Å². The van der Waals surface area contributed by atoms with Gasteiger partial charge in [-0.3, -0.25) is 24.4 Å². The molecule has 2 aromatic carbocycles. The third-order valence-corrected chi connectivity index (χ3v) is 7.32. The number of piperazine rings is 1. The molecule has 41 heavy (non-hydrogen) atoms. The van der Waals surface area contributed by atoms with Gasteiger partial charge in [0, 0.05) is 49.0 Å². The molecule has 1 fully saturated rings. The lowest BCUT2D eigenvalue weighted by Gasteiger charge is -2.31. The summed E-state index contributed by atoms with van der Waals surface area (Å²) in [4.78, 5) is 39.1. The number of hydrogen-bond donors (Lipinski definition) is 3. The number of rotatable bonds is 3. The van der Waals surface area contributed by atoms with Crippen molar-refractivity contribution < 1.29 is 13.2 Å². The molecule has 0 spiro atoms. The number of aromatic nitrogens is 6. The van der Waals surface area contributed by atoms with Crippen molar-refractivity contribution in [3.63, 3.8) is 0 Å². The van der Waals surface area contributed by atoms with Crippen molar-refractivity contribution in [2.75, 3.05) is 31.1 Å². The second-order valence-corrected chi connectivity index (χ2v) is 9.79. The quantitative estimate of drug-likeness (QED) is 0.284. The number of anilines is 1. The average Bonchev–Trinajstić information content (AvgIpc) is 3.45. The molecule has 10 nitrogen and oxygen atoms in total. The third-order valence-electron chi connectivity index (χ3n) is 7.32. The van der Waals surface area contributed by atoms with Crippen LogP contribution in [0.15, 0.2) is 70.5 Å². The fourth-order valence-corrected chi connectivity index (χ4v) is 5.35. The highest BCUT2D eigenvalue weighted by Crippen LogP contribution is 2.38. The number of nitrogens with zero attached hydrogens (tertiary/aromatic N) is 5. The van der Waals surface area contributed by atoms with Crippen LogP contribution in [0.2, 0.25) is 0 Å². The van der Waals surface area contributed by atoms with E-state index in [4.69, 9.17) is 4.98 Å². The van der Waals surface area contributed by atoms with Gasteiger partial charge in [-0.05, 0) is 42.5 Å². The average molecular weight is 559 g/mol. The molecule has 0 amide bonds. The Balaban J connectivity index is 1.49. The number of halogens is 3. The SMILES string of the molecule is O=c1[nH]c(=O)n(-c2ccc(N3CCNCC3)c(C(F)(F)F)c2)c2c1cnc1ccc(-c3ccc4[nH]ncc4c3)nc12. The molecular weight excluding hydrogens is 537 g/mol. The molecule has 206 valence electrons. The van der Waals surface area contributed by atoms with Crippen molar-refractivity contribution in [3.8, 4) is 16.9 Å². The minimum absolute atomic E-state index is 0.0202. The van der Waals surface area contributed by atoms with Gasteiger partial charge in [-0.2, -0.15) is 18.3 Å². The van der Waals surface area contributed by atoms with E-state index >= 15 is 0 Å². The highest BCUT2D eigenvalue weighted by Gasteiger charge is 2.36. The Morgan fingerprint density at radius 2 is 1.76 bits per heavy atom. The first kappa shape index (κ1) is 25.0. The van der Waals surface area contributed by atoms with Crippen molar-refractivity contribution in [3.05, 3.63) is 87.3 Å². The summed E-state index contributed by atoms with van der Waals surface area (Å²) < 4.78 is 44.1. The van der Waals surface area contributed by atoms with Crippen LogP contribution in [0.4, 0.5) is 18.9 Å². The van der Waals surface area contributed by atoms with Crippen LogP contribution in [0.1, 0.15) is 5.56 Å². The molecule has 4 aromatic heterocycles. The number of aromatic amines is 2. The molecule has 0 atom stereocenters. The van der Waals surface area contributed by atoms with E-state index in [0.29, 0.717) is 37.4 Å². The molecule has 13 heteroatoms. The summed E-state index contributed by atoms with van der Waals surface area (Å²) in [7, 11) is 0. The molecule has 0 bridgehead atoms. The maximum atomic E-state index is 14.3. The van der Waals surface area contributed by atoms with E-state index in [0.717, 1.165) is 27.1 Å². The summed E-state index contributed by atoms with van der Waals surface area (Å²) in [6.07, 6.45) is -1.71. The van der Waals surface area contributed by atoms with E-state index in [-0.39, 0.29) is 27.8 Å². The summed E-state index contributed by atoms with van der Waals surface area (Å²) in [5, 5.41) is 10.9. The zero-order chi connectivity index (χ0) is 28.3. The Morgan fingerprint density at radius 1 is 0.927 bits per heavy atom. The zero-order valence-corrected chi connectivity index (χ0v) is 21.3. The van der Waals surface area contributed by atoms with Gasteiger partial charge < -0.3 is 10.2 Å². The van der Waals surface area contributed by atoms with Crippen LogP contribution < -0.4 is 21.5 Å². The first-order valence-electron chi connectivity index (χ1n) is 12.8. The van der Waals surface area contributed by atoms with Gasteiger partial charge in [-0.1, -0.05) is 6.07 Å². The monoisotopic (exact) mass is 558 g/mol. The lowest BCUT2D eigenvalue weighted by atomic mass is 10.1. The van der Waals surface area contributed by atoms with Crippen molar-refractivity contribution in [2.45, 2.75) is 6.18 Å². The summed E-state index contributed by atoms with van der Waals surface area (Å²) in [5.74, 6) is 0. The topological polar surface area (TPSA) is 125 Å². The number of alkyl halides is 3. The second-order valence-electron chi connectivity index (χ2n) is 9.79. The van der Waals surface area contributed by atoms with Crippen LogP contribution in [0.25, 0.3) is 49.8 Å². The van der Waals surface area contributed by atoms with Gasteiger partial charge in [0.25, 0.3) is 5.56 Å². The third kappa shape index (κ3) is 4.21. The molecule has 6 aromatic rings. The Bertz CT molecular complexity index is 2090. The molecule has 0 unspecified atom stereocenters. The van der Waals surface area contributed by atoms with Gasteiger partial charge in [0.1, 0.15) is 5.52 Å². The predicted molar refractivity (Wildman–Crippen MR) is 148 cm³/mol. The van der Waals surface area contributed by atoms with E-state index < -0.39 is 23.0 Å². The van der Waals surface area contributed by atoms with Crippen LogP contribution in [0.5, 0.6) is 0 Å². The van der Waals surface area contributed by atoms with Crippen LogP contribution in [-0.4, -0.2) is 55.9 Å². The number of nitrogens with one attached hydrogen (secondary N) is 3. The lowest BCUT2D eigenvalue weighted by molar-refractivity contribution is -0.137. The van der Waals surface area contributed by atoms with Crippen LogP contribution >= 0.6 is 0 Å². The second kappa shape index (κ2) is 9.27. The zero-order valence-electron chi connectivity index (χ0n) is 21.3. The van der Waals surface area contributed by atoms with Gasteiger partial charge in [-0.25, -0.2) is 9.78 Å². The highest BCUT2D eigenvalue weighted by molar-refractivity contribution is 6.02. The molecular formula is C28H21F3N8O2. The predicted octanol–water partition coefficient (Wildman–Crippen LogP) is 3.59. The maximum Gasteiger partial charge on any atom is 0.418 e. The van der Waals surface area contributed by atoms with E-state index in [1.165, 1.54) is 18.3 Å². The van der Waals surface area contributed by atoms with Crippen molar-refractivity contribution in [1.82, 2.24) is 35.0 Å². The highest BCUT2D eigenvalue weighted by atomic mass is 19.4. The molecule has 0 aliphatic carbocycles. The number of H-pyrrole nitrogens is 2. The maximum absolute atomic E-state index is 14.3. The first-order chi connectivity index (χ1) is 19.8. The minimum atomic E-state index is -4.68. The molecule has 0 saturated carbocycles. The molecule has 3 N–H and O–H groups in total. The molecule has 1 aliphatic heterocycles. The standard InChI is InChI=1S/C28H21F3N8O2/c29-28(30,31)19-12-17(2-6-23(19)38-9-7-32-8-10-38)39-25-18(26(40)36-27(39)41)14-33-22-5-4-20(35-24(22)25)15-1-3-21-16(11-15)13-34-37-21/h1-6,11-14,32H,7-10H2,(H,34,37)(H,36,40,41). The smallest absolute Gasteiger partial charge is 0.368 e. The van der Waals surface area contributed by atoms with Crippen molar-refractivity contribution >= 4 is 38.5 Å². The minimum Gasteiger partial charge on any atom is -0.368 e. The molecule has 0 radical (unpaired) electrons. The number of fused-ring (bicyclic) bond motifs is 4. The largest absolute Gasteiger partial charge is 0.418 e. The summed E-state index contributed by atoms with van der Waals surface area (Å²) >= 11 is 0. The summed E-state index contributed by atoms with van der Waals surface area (Å²) in [5.41, 5.74) is 0.270. The van der Waals surface area contributed by atoms with E-state index in [1.807, 2.05) is 18.2 Å². The number of hydrogen-bond acceptors (Lipinski definition) is 7. The van der Waals surface area contributed by atoms with Gasteiger partial charge in [0.05, 0.1) is 45.1 Å². The van der Waals surface area contributed by atoms with Crippen LogP contribution in [-0.2, 0) is 6.18 Å². The summed E-state index contributed by atoms with van der Waals surface area (Å²) in [6, 6.07) is 12.8. The van der Waals surface area contributed by atoms with E-state index in [1.54, 1.807) is 23.2 Å². The van der Waals surface area contributed by atoms with Crippen molar-refractivity contribution in [2.24, 2.45) is 0 Å². The Hall–Kier alpha value is -5.04. The first-order valence-corrected chi connectivity index (χ1v) is 12.8. The molecule has 7 rings (SSSR count). The molecule has 5 heterocycles. The van der Waals surface area contributed by atoms with Crippen LogP contribution in [0, 0.1) is 0 Å². The molecule has 1 saturated heterocycles. The van der Waals surface area contributed by atoms with E-state index in [9.17, 15) is 22.8 Å². The summed E-state index contributed by atoms with van der Waals surface area (Å²) in [6.45, 7) is 1.95.